The van der Waals surface area contributed by atoms with Crippen molar-refractivity contribution in [1.82, 2.24) is 19.6 Å². The first-order valence-electron chi connectivity index (χ1n) is 12.4. The zero-order chi connectivity index (χ0) is 27.5. The minimum atomic E-state index is -0.706. The molecular formula is C31H28N4O4. The lowest BCUT2D eigenvalue weighted by Crippen LogP contribution is -2.25. The van der Waals surface area contributed by atoms with Gasteiger partial charge in [-0.25, -0.2) is 9.36 Å². The molecule has 2 N–H and O–H groups in total. The van der Waals surface area contributed by atoms with Crippen molar-refractivity contribution in [3.05, 3.63) is 128 Å². The van der Waals surface area contributed by atoms with E-state index in [1.165, 1.54) is 16.5 Å². The van der Waals surface area contributed by atoms with Crippen LogP contribution >= 0.6 is 0 Å². The Morgan fingerprint density at radius 3 is 1.77 bits per heavy atom. The minimum Gasteiger partial charge on any atom is -0.493 e. The van der Waals surface area contributed by atoms with Gasteiger partial charge in [0.2, 0.25) is 0 Å². The van der Waals surface area contributed by atoms with Gasteiger partial charge in [-0.15, -0.1) is 6.42 Å². The number of aromatic amines is 2. The Balaban J connectivity index is 1.76. The van der Waals surface area contributed by atoms with Crippen molar-refractivity contribution in [2.45, 2.75) is 19.8 Å². The van der Waals surface area contributed by atoms with E-state index in [-0.39, 0.29) is 17.7 Å². The summed E-state index contributed by atoms with van der Waals surface area (Å²) < 4.78 is 14.2. The predicted molar refractivity (Wildman–Crippen MR) is 151 cm³/mol. The molecule has 0 amide bonds. The van der Waals surface area contributed by atoms with Crippen molar-refractivity contribution in [3.63, 3.8) is 0 Å². The van der Waals surface area contributed by atoms with Crippen molar-refractivity contribution in [2.24, 2.45) is 0 Å². The number of benzene rings is 3. The maximum atomic E-state index is 14.0. The van der Waals surface area contributed by atoms with Gasteiger partial charge in [0.1, 0.15) is 6.61 Å². The summed E-state index contributed by atoms with van der Waals surface area (Å²) in [4.78, 5) is 28.0. The van der Waals surface area contributed by atoms with E-state index in [0.29, 0.717) is 51.0 Å². The fraction of sp³-hybridized carbons (Fsp3) is 0.161. The van der Waals surface area contributed by atoms with Crippen LogP contribution in [0.1, 0.15) is 34.0 Å². The zero-order valence-electron chi connectivity index (χ0n) is 21.9. The topological polar surface area (TPSA) is 94.0 Å². The minimum absolute atomic E-state index is 0.0799. The van der Waals surface area contributed by atoms with Crippen LogP contribution in [0.15, 0.2) is 88.5 Å². The summed E-state index contributed by atoms with van der Waals surface area (Å²) in [5.74, 6) is 2.66. The normalized spacial score (nSPS) is 10.9. The van der Waals surface area contributed by atoms with Gasteiger partial charge in [0.05, 0.1) is 29.6 Å². The van der Waals surface area contributed by atoms with Gasteiger partial charge in [-0.2, -0.15) is 0 Å². The van der Waals surface area contributed by atoms with E-state index < -0.39 is 5.92 Å². The second kappa shape index (κ2) is 10.7. The van der Waals surface area contributed by atoms with E-state index >= 15 is 0 Å². The van der Waals surface area contributed by atoms with Crippen LogP contribution in [0.2, 0.25) is 0 Å². The number of nitrogens with zero attached hydrogens (tertiary/aromatic N) is 2. The van der Waals surface area contributed by atoms with E-state index in [9.17, 15) is 9.59 Å². The number of ether oxygens (including phenoxy) is 2. The second-order valence-corrected chi connectivity index (χ2v) is 9.09. The second-order valence-electron chi connectivity index (χ2n) is 9.09. The van der Waals surface area contributed by atoms with Crippen LogP contribution in [-0.2, 0) is 0 Å². The molecule has 0 aliphatic rings. The Labute approximate surface area is 225 Å². The molecule has 8 nitrogen and oxygen atoms in total. The highest BCUT2D eigenvalue weighted by Gasteiger charge is 2.31. The molecule has 0 unspecified atom stereocenters. The molecule has 2 aromatic heterocycles. The third-order valence-electron chi connectivity index (χ3n) is 6.67. The molecule has 0 saturated carbocycles. The molecule has 0 aliphatic heterocycles. The molecule has 0 fully saturated rings. The molecule has 39 heavy (non-hydrogen) atoms. The van der Waals surface area contributed by atoms with E-state index in [2.05, 4.69) is 16.1 Å². The van der Waals surface area contributed by atoms with Crippen LogP contribution in [-0.4, -0.2) is 33.3 Å². The molecule has 0 atom stereocenters. The molecule has 0 bridgehead atoms. The molecule has 196 valence electrons. The average molecular weight is 521 g/mol. The van der Waals surface area contributed by atoms with Crippen molar-refractivity contribution >= 4 is 0 Å². The lowest BCUT2D eigenvalue weighted by atomic mass is 9.85. The van der Waals surface area contributed by atoms with Gasteiger partial charge in [-0.05, 0) is 55.8 Å². The first-order chi connectivity index (χ1) is 18.9. The summed E-state index contributed by atoms with van der Waals surface area (Å²) in [5, 5.41) is 6.40. The van der Waals surface area contributed by atoms with Crippen molar-refractivity contribution < 1.29 is 9.47 Å². The predicted octanol–water partition coefficient (Wildman–Crippen LogP) is 4.46. The number of methoxy groups -OCH3 is 1. The molecule has 5 aromatic rings. The number of nitrogens with one attached hydrogen (secondary N) is 2. The van der Waals surface area contributed by atoms with E-state index in [0.717, 1.165) is 0 Å². The molecule has 0 spiro atoms. The lowest BCUT2D eigenvalue weighted by Gasteiger charge is -2.18. The summed E-state index contributed by atoms with van der Waals surface area (Å²) in [6.45, 7) is 3.75. The maximum absolute atomic E-state index is 14.0. The van der Waals surface area contributed by atoms with Gasteiger partial charge >= 0.3 is 0 Å². The summed E-state index contributed by atoms with van der Waals surface area (Å²) in [6.07, 6.45) is 5.37. The number of hydrogen-bond donors (Lipinski definition) is 2. The van der Waals surface area contributed by atoms with E-state index in [1.807, 2.05) is 80.6 Å². The van der Waals surface area contributed by atoms with E-state index in [4.69, 9.17) is 15.9 Å². The first-order valence-corrected chi connectivity index (χ1v) is 12.4. The van der Waals surface area contributed by atoms with Crippen LogP contribution < -0.4 is 20.6 Å². The summed E-state index contributed by atoms with van der Waals surface area (Å²) in [6, 6.07) is 24.0. The molecule has 0 saturated heterocycles. The smallest absolute Gasteiger partial charge is 0.275 e. The maximum Gasteiger partial charge on any atom is 0.275 e. The Morgan fingerprint density at radius 1 is 0.795 bits per heavy atom. The molecule has 2 heterocycles. The SMILES string of the molecule is C#CCOc1ccc(C(c2c(C)[nH]n(-c3ccccc3)c2=O)c2c(C)[nH]n(-c3ccccc3)c2=O)cc1OC. The van der Waals surface area contributed by atoms with Crippen LogP contribution in [0, 0.1) is 26.2 Å². The van der Waals surface area contributed by atoms with Gasteiger partial charge in [0.15, 0.2) is 11.5 Å². The Kier molecular flexibility index (Phi) is 6.98. The van der Waals surface area contributed by atoms with Crippen molar-refractivity contribution in [3.8, 4) is 35.2 Å². The zero-order valence-corrected chi connectivity index (χ0v) is 21.9. The number of terminal acetylenes is 1. The van der Waals surface area contributed by atoms with Crippen LogP contribution in [0.5, 0.6) is 11.5 Å². The molecule has 5 rings (SSSR count). The molecule has 0 aliphatic carbocycles. The van der Waals surface area contributed by atoms with Crippen LogP contribution in [0.3, 0.4) is 0 Å². The Hall–Kier alpha value is -5.16. The molecule has 0 radical (unpaired) electrons. The van der Waals surface area contributed by atoms with E-state index in [1.54, 1.807) is 12.1 Å². The van der Waals surface area contributed by atoms with Crippen molar-refractivity contribution in [1.29, 1.82) is 0 Å². The number of hydrogen-bond acceptors (Lipinski definition) is 4. The monoisotopic (exact) mass is 520 g/mol. The lowest BCUT2D eigenvalue weighted by molar-refractivity contribution is 0.330. The Bertz CT molecular complexity index is 1670. The third-order valence-corrected chi connectivity index (χ3v) is 6.67. The number of rotatable bonds is 8. The van der Waals surface area contributed by atoms with Gasteiger partial charge in [-0.3, -0.25) is 19.8 Å². The highest BCUT2D eigenvalue weighted by atomic mass is 16.5. The van der Waals surface area contributed by atoms with Crippen molar-refractivity contribution in [2.75, 3.05) is 13.7 Å². The van der Waals surface area contributed by atoms with Crippen LogP contribution in [0.25, 0.3) is 11.4 Å². The van der Waals surface area contributed by atoms with Gasteiger partial charge in [-0.1, -0.05) is 48.4 Å². The average Bonchev–Trinajstić information content (AvgIpc) is 3.43. The number of aryl methyl sites for hydroxylation is 2. The molecule has 8 heteroatoms. The van der Waals surface area contributed by atoms with Gasteiger partial charge < -0.3 is 9.47 Å². The summed E-state index contributed by atoms with van der Waals surface area (Å²) >= 11 is 0. The molecular weight excluding hydrogens is 492 g/mol. The fourth-order valence-electron chi connectivity index (χ4n) is 4.90. The van der Waals surface area contributed by atoms with Gasteiger partial charge in [0.25, 0.3) is 11.1 Å². The first kappa shape index (κ1) is 25.5. The van der Waals surface area contributed by atoms with Crippen LogP contribution in [0.4, 0.5) is 0 Å². The largest absolute Gasteiger partial charge is 0.493 e. The quantitative estimate of drug-likeness (QED) is 0.296. The summed E-state index contributed by atoms with van der Waals surface area (Å²) in [5.41, 5.74) is 3.79. The highest BCUT2D eigenvalue weighted by Crippen LogP contribution is 2.37. The number of aromatic nitrogens is 4. The molecule has 3 aromatic carbocycles. The highest BCUT2D eigenvalue weighted by molar-refractivity contribution is 5.52. The standard InChI is InChI=1S/C31H28N4O4/c1-5-18-39-25-17-16-22(19-26(25)38-4)29(27-20(2)32-34(30(27)36)23-12-8-6-9-13-23)28-21(3)33-35(31(28)37)24-14-10-7-11-15-24/h1,6-17,19,29,32-33H,18H2,2-4H3. The number of para-hydroxylation sites is 2. The fourth-order valence-corrected chi connectivity index (χ4v) is 4.90. The summed E-state index contributed by atoms with van der Waals surface area (Å²) in [7, 11) is 1.53. The Morgan fingerprint density at radius 2 is 1.31 bits per heavy atom. The van der Waals surface area contributed by atoms with Gasteiger partial charge in [0, 0.05) is 17.3 Å². The number of H-pyrrole nitrogens is 2. The third kappa shape index (κ3) is 4.66.